The molecule has 1 aromatic carbocycles. The molecule has 1 aromatic rings. The Hall–Kier alpha value is -1.84. The molecule has 0 aliphatic carbocycles. The van der Waals surface area contributed by atoms with Crippen molar-refractivity contribution in [3.8, 4) is 0 Å². The van der Waals surface area contributed by atoms with Gasteiger partial charge in [0.1, 0.15) is 0 Å². The van der Waals surface area contributed by atoms with E-state index in [1.807, 2.05) is 39.0 Å². The molecule has 0 fully saturated rings. The second-order valence-electron chi connectivity index (χ2n) is 6.19. The number of nitrogens with zero attached hydrogens (tertiary/aromatic N) is 1. The van der Waals surface area contributed by atoms with Crippen LogP contribution in [0.2, 0.25) is 0 Å². The van der Waals surface area contributed by atoms with E-state index in [1.54, 1.807) is 13.1 Å². The average Bonchev–Trinajstić information content (AvgIpc) is 2.60. The second kappa shape index (κ2) is 14.2. The number of halogens is 1. The summed E-state index contributed by atoms with van der Waals surface area (Å²) in [5, 5.41) is 11.9. The predicted octanol–water partition coefficient (Wildman–Crippen LogP) is 1.68. The van der Waals surface area contributed by atoms with E-state index in [0.717, 1.165) is 18.5 Å². The minimum absolute atomic E-state index is 0. The van der Waals surface area contributed by atoms with Crippen LogP contribution < -0.4 is 21.3 Å². The highest BCUT2D eigenvalue weighted by Gasteiger charge is 2.05. The third-order valence-electron chi connectivity index (χ3n) is 3.53. The Morgan fingerprint density at radius 2 is 1.93 bits per heavy atom. The number of guanidine groups is 1. The van der Waals surface area contributed by atoms with Gasteiger partial charge < -0.3 is 21.3 Å². The number of carbonyl (C=O) groups is 2. The third-order valence-corrected chi connectivity index (χ3v) is 3.53. The Balaban J connectivity index is 0.00000676. The first kappa shape index (κ1) is 25.2. The SMILES string of the molecule is CCNC(=NCCC(=O)NC(C)C)NCCc1cccc(C(=O)NC)c1.I. The molecule has 8 heteroatoms. The lowest BCUT2D eigenvalue weighted by Crippen LogP contribution is -2.38. The molecule has 7 nitrogen and oxygen atoms in total. The summed E-state index contributed by atoms with van der Waals surface area (Å²) >= 11 is 0. The van der Waals surface area contributed by atoms with Gasteiger partial charge in [-0.1, -0.05) is 12.1 Å². The van der Waals surface area contributed by atoms with Crippen LogP contribution in [0.5, 0.6) is 0 Å². The number of hydrogen-bond acceptors (Lipinski definition) is 3. The topological polar surface area (TPSA) is 94.6 Å². The minimum Gasteiger partial charge on any atom is -0.357 e. The first-order chi connectivity index (χ1) is 12.5. The average molecular weight is 489 g/mol. The highest BCUT2D eigenvalue weighted by molar-refractivity contribution is 14.0. The molecule has 1 rings (SSSR count). The van der Waals surface area contributed by atoms with Crippen LogP contribution in [-0.4, -0.2) is 50.5 Å². The standard InChI is InChI=1S/C19H31N5O2.HI/c1-5-21-19(23-12-10-17(25)24-14(2)3)22-11-9-15-7-6-8-16(13-15)18(26)20-4;/h6-8,13-14H,5,9-12H2,1-4H3,(H,20,26)(H,24,25)(H2,21,22,23);1H. The predicted molar refractivity (Wildman–Crippen MR) is 121 cm³/mol. The summed E-state index contributed by atoms with van der Waals surface area (Å²) in [5.41, 5.74) is 1.73. The summed E-state index contributed by atoms with van der Waals surface area (Å²) in [6, 6.07) is 7.70. The Morgan fingerprint density at radius 3 is 2.56 bits per heavy atom. The van der Waals surface area contributed by atoms with Crippen LogP contribution in [0.15, 0.2) is 29.3 Å². The molecular weight excluding hydrogens is 457 g/mol. The van der Waals surface area contributed by atoms with E-state index in [9.17, 15) is 9.59 Å². The van der Waals surface area contributed by atoms with Gasteiger partial charge in [-0.15, -0.1) is 24.0 Å². The van der Waals surface area contributed by atoms with Gasteiger partial charge in [-0.05, 0) is 44.9 Å². The number of aliphatic imine (C=N–C) groups is 1. The highest BCUT2D eigenvalue weighted by atomic mass is 127. The van der Waals surface area contributed by atoms with E-state index >= 15 is 0 Å². The fourth-order valence-electron chi connectivity index (χ4n) is 2.34. The lowest BCUT2D eigenvalue weighted by molar-refractivity contribution is -0.121. The van der Waals surface area contributed by atoms with Crippen LogP contribution in [0.3, 0.4) is 0 Å². The molecule has 0 aliphatic heterocycles. The van der Waals surface area contributed by atoms with Gasteiger partial charge in [0.05, 0.1) is 6.54 Å². The zero-order valence-electron chi connectivity index (χ0n) is 16.6. The lowest BCUT2D eigenvalue weighted by Gasteiger charge is -2.12. The first-order valence-electron chi connectivity index (χ1n) is 9.08. The molecule has 0 radical (unpaired) electrons. The van der Waals surface area contributed by atoms with Crippen molar-refractivity contribution >= 4 is 41.8 Å². The molecule has 152 valence electrons. The van der Waals surface area contributed by atoms with Crippen molar-refractivity contribution in [3.05, 3.63) is 35.4 Å². The molecule has 0 atom stereocenters. The van der Waals surface area contributed by atoms with Crippen molar-refractivity contribution < 1.29 is 9.59 Å². The van der Waals surface area contributed by atoms with Gasteiger partial charge in [0.2, 0.25) is 5.91 Å². The third kappa shape index (κ3) is 10.8. The van der Waals surface area contributed by atoms with Crippen LogP contribution in [-0.2, 0) is 11.2 Å². The summed E-state index contributed by atoms with van der Waals surface area (Å²) in [6.07, 6.45) is 1.13. The molecule has 0 saturated heterocycles. The largest absolute Gasteiger partial charge is 0.357 e. The highest BCUT2D eigenvalue weighted by Crippen LogP contribution is 2.05. The van der Waals surface area contributed by atoms with Gasteiger partial charge >= 0.3 is 0 Å². The van der Waals surface area contributed by atoms with Crippen LogP contribution in [0.1, 0.15) is 43.1 Å². The Kier molecular flexibility index (Phi) is 13.3. The Morgan fingerprint density at radius 1 is 1.19 bits per heavy atom. The number of nitrogens with one attached hydrogen (secondary N) is 4. The van der Waals surface area contributed by atoms with E-state index < -0.39 is 0 Å². The van der Waals surface area contributed by atoms with Crippen molar-refractivity contribution in [1.82, 2.24) is 21.3 Å². The number of benzene rings is 1. The van der Waals surface area contributed by atoms with Gasteiger partial charge in [0.25, 0.3) is 5.91 Å². The number of rotatable bonds is 9. The monoisotopic (exact) mass is 489 g/mol. The quantitative estimate of drug-likeness (QED) is 0.241. The molecule has 0 saturated carbocycles. The molecule has 4 N–H and O–H groups in total. The van der Waals surface area contributed by atoms with Crippen molar-refractivity contribution in [2.75, 3.05) is 26.7 Å². The lowest BCUT2D eigenvalue weighted by atomic mass is 10.1. The maximum Gasteiger partial charge on any atom is 0.251 e. The first-order valence-corrected chi connectivity index (χ1v) is 9.08. The number of carbonyl (C=O) groups excluding carboxylic acids is 2. The zero-order chi connectivity index (χ0) is 19.4. The van der Waals surface area contributed by atoms with Gasteiger partial charge in [-0.2, -0.15) is 0 Å². The van der Waals surface area contributed by atoms with Crippen LogP contribution in [0.4, 0.5) is 0 Å². The summed E-state index contributed by atoms with van der Waals surface area (Å²) in [7, 11) is 1.62. The van der Waals surface area contributed by atoms with Gasteiger partial charge in [-0.25, -0.2) is 0 Å². The fraction of sp³-hybridized carbons (Fsp3) is 0.526. The Labute approximate surface area is 179 Å². The zero-order valence-corrected chi connectivity index (χ0v) is 18.9. The van der Waals surface area contributed by atoms with E-state index in [0.29, 0.717) is 31.0 Å². The second-order valence-corrected chi connectivity index (χ2v) is 6.19. The molecule has 0 spiro atoms. The van der Waals surface area contributed by atoms with Crippen LogP contribution in [0.25, 0.3) is 0 Å². The molecule has 0 aromatic heterocycles. The molecule has 0 heterocycles. The smallest absolute Gasteiger partial charge is 0.251 e. The van der Waals surface area contributed by atoms with E-state index in [2.05, 4.69) is 26.3 Å². The summed E-state index contributed by atoms with van der Waals surface area (Å²) in [4.78, 5) is 27.8. The van der Waals surface area contributed by atoms with E-state index in [1.165, 1.54) is 0 Å². The van der Waals surface area contributed by atoms with Gasteiger partial charge in [-0.3, -0.25) is 14.6 Å². The maximum absolute atomic E-state index is 11.7. The molecule has 0 unspecified atom stereocenters. The molecule has 0 bridgehead atoms. The van der Waals surface area contributed by atoms with Crippen molar-refractivity contribution in [2.45, 2.75) is 39.7 Å². The summed E-state index contributed by atoms with van der Waals surface area (Å²) < 4.78 is 0. The normalized spacial score (nSPS) is 10.8. The maximum atomic E-state index is 11.7. The number of hydrogen-bond donors (Lipinski definition) is 4. The van der Waals surface area contributed by atoms with E-state index in [4.69, 9.17) is 0 Å². The number of amides is 2. The van der Waals surface area contributed by atoms with Gasteiger partial charge in [0, 0.05) is 38.2 Å². The van der Waals surface area contributed by atoms with Crippen LogP contribution >= 0.6 is 24.0 Å². The molecule has 0 aliphatic rings. The van der Waals surface area contributed by atoms with Gasteiger partial charge in [0.15, 0.2) is 5.96 Å². The summed E-state index contributed by atoms with van der Waals surface area (Å²) in [5.74, 6) is 0.604. The molecular formula is C19H32IN5O2. The summed E-state index contributed by atoms with van der Waals surface area (Å²) in [6.45, 7) is 7.73. The molecule has 2 amide bonds. The van der Waals surface area contributed by atoms with E-state index in [-0.39, 0.29) is 41.8 Å². The van der Waals surface area contributed by atoms with Crippen molar-refractivity contribution in [3.63, 3.8) is 0 Å². The van der Waals surface area contributed by atoms with Crippen molar-refractivity contribution in [1.29, 1.82) is 0 Å². The van der Waals surface area contributed by atoms with Crippen molar-refractivity contribution in [2.24, 2.45) is 4.99 Å². The van der Waals surface area contributed by atoms with Crippen LogP contribution in [0, 0.1) is 0 Å². The Bertz CT molecular complexity index is 620. The molecule has 27 heavy (non-hydrogen) atoms. The fourth-order valence-corrected chi connectivity index (χ4v) is 2.34. The minimum atomic E-state index is -0.0885.